The highest BCUT2D eigenvalue weighted by molar-refractivity contribution is 6.30. The number of carbonyl (C=O) groups excluding carboxylic acids is 1. The van der Waals surface area contributed by atoms with Gasteiger partial charge in [-0.2, -0.15) is 0 Å². The topological polar surface area (TPSA) is 101 Å². The summed E-state index contributed by atoms with van der Waals surface area (Å²) >= 11 is 6.05. The number of carbonyl (C=O) groups is 2. The van der Waals surface area contributed by atoms with E-state index in [9.17, 15) is 14.0 Å². The number of hydrogen-bond acceptors (Lipinski definition) is 5. The minimum atomic E-state index is -0.835. The van der Waals surface area contributed by atoms with E-state index in [2.05, 4.69) is 5.32 Å². The van der Waals surface area contributed by atoms with Crippen molar-refractivity contribution in [3.8, 4) is 17.0 Å². The maximum atomic E-state index is 13.5. The molecule has 5 rings (SSSR count). The Labute approximate surface area is 217 Å². The minimum Gasteiger partial charge on any atom is -0.491 e. The van der Waals surface area contributed by atoms with Crippen LogP contribution in [0.3, 0.4) is 0 Å². The van der Waals surface area contributed by atoms with E-state index < -0.39 is 11.8 Å². The van der Waals surface area contributed by atoms with Crippen molar-refractivity contribution in [2.75, 3.05) is 6.61 Å². The molecule has 0 radical (unpaired) electrons. The molecular weight excluding hydrogens is 497 g/mol. The summed E-state index contributed by atoms with van der Waals surface area (Å²) < 4.78 is 19.0. The molecule has 0 spiro atoms. The second-order valence-electron chi connectivity index (χ2n) is 8.85. The molecule has 0 aliphatic carbocycles. The van der Waals surface area contributed by atoms with Gasteiger partial charge in [0, 0.05) is 34.2 Å². The number of aliphatic carboxylic acids is 1. The molecule has 1 amide bonds. The lowest BCUT2D eigenvalue weighted by molar-refractivity contribution is -0.137. The number of nitrogens with one attached hydrogen (secondary N) is 1. The highest BCUT2D eigenvalue weighted by Gasteiger charge is 2.26. The number of nitrogens with zero attached hydrogens (tertiary/aromatic N) is 2. The quantitative estimate of drug-likeness (QED) is 0.287. The van der Waals surface area contributed by atoms with Crippen LogP contribution in [0.4, 0.5) is 4.39 Å². The van der Waals surface area contributed by atoms with Gasteiger partial charge in [0.15, 0.2) is 0 Å². The molecule has 1 atom stereocenters. The van der Waals surface area contributed by atoms with E-state index in [-0.39, 0.29) is 25.0 Å². The van der Waals surface area contributed by atoms with Crippen LogP contribution in [-0.4, -0.2) is 33.6 Å². The second kappa shape index (κ2) is 10.5. The number of hydrogen-bond donors (Lipinski definition) is 2. The van der Waals surface area contributed by atoms with Crippen molar-refractivity contribution in [3.05, 3.63) is 88.3 Å². The number of halogens is 2. The molecule has 7 nitrogen and oxygen atoms in total. The molecule has 9 heteroatoms. The lowest BCUT2D eigenvalue weighted by atomic mass is 10.0. The second-order valence-corrected chi connectivity index (χ2v) is 9.29. The summed E-state index contributed by atoms with van der Waals surface area (Å²) in [6, 6.07) is 16.3. The van der Waals surface area contributed by atoms with Crippen molar-refractivity contribution in [3.63, 3.8) is 0 Å². The number of amides is 1. The molecule has 1 aliphatic heterocycles. The summed E-state index contributed by atoms with van der Waals surface area (Å²) in [5, 5.41) is 12.5. The molecule has 0 saturated heterocycles. The number of fused-ring (bicyclic) bond motifs is 2. The lowest BCUT2D eigenvalue weighted by Gasteiger charge is -2.13. The number of aromatic nitrogens is 2. The van der Waals surface area contributed by atoms with Crippen LogP contribution in [0.5, 0.6) is 5.75 Å². The van der Waals surface area contributed by atoms with Gasteiger partial charge >= 0.3 is 5.97 Å². The van der Waals surface area contributed by atoms with Crippen molar-refractivity contribution >= 4 is 34.5 Å². The largest absolute Gasteiger partial charge is 0.491 e. The van der Waals surface area contributed by atoms with E-state index in [0.717, 1.165) is 16.8 Å². The van der Waals surface area contributed by atoms with Crippen LogP contribution >= 0.6 is 11.6 Å². The smallest absolute Gasteiger partial charge is 0.303 e. The molecule has 0 saturated carbocycles. The third-order valence-electron chi connectivity index (χ3n) is 6.23. The highest BCUT2D eigenvalue weighted by atomic mass is 35.5. The van der Waals surface area contributed by atoms with Crippen LogP contribution in [0, 0.1) is 5.82 Å². The Bertz CT molecular complexity index is 1490. The van der Waals surface area contributed by atoms with Crippen LogP contribution in [0.2, 0.25) is 5.02 Å². The maximum Gasteiger partial charge on any atom is 0.303 e. The molecule has 188 valence electrons. The lowest BCUT2D eigenvalue weighted by Crippen LogP contribution is -2.29. The summed E-state index contributed by atoms with van der Waals surface area (Å²) in [6.45, 7) is 0.225. The Morgan fingerprint density at radius 1 is 1.03 bits per heavy atom. The summed E-state index contributed by atoms with van der Waals surface area (Å²) in [5.41, 5.74) is 4.59. The van der Waals surface area contributed by atoms with E-state index in [1.54, 1.807) is 36.4 Å². The van der Waals surface area contributed by atoms with E-state index in [1.807, 2.05) is 12.1 Å². The zero-order valence-corrected chi connectivity index (χ0v) is 20.5. The summed E-state index contributed by atoms with van der Waals surface area (Å²) in [7, 11) is 0. The molecule has 4 aromatic rings. The summed E-state index contributed by atoms with van der Waals surface area (Å²) in [4.78, 5) is 33.6. The average Bonchev–Trinajstić information content (AvgIpc) is 3.27. The first-order valence-corrected chi connectivity index (χ1v) is 12.3. The van der Waals surface area contributed by atoms with E-state index in [0.29, 0.717) is 52.3 Å². The molecule has 1 unspecified atom stereocenters. The van der Waals surface area contributed by atoms with E-state index >= 15 is 0 Å². The van der Waals surface area contributed by atoms with Gasteiger partial charge in [-0.3, -0.25) is 9.59 Å². The van der Waals surface area contributed by atoms with Crippen LogP contribution in [0.25, 0.3) is 22.3 Å². The first kappa shape index (κ1) is 24.6. The van der Waals surface area contributed by atoms with Gasteiger partial charge in [-0.15, -0.1) is 0 Å². The molecule has 3 aromatic carbocycles. The van der Waals surface area contributed by atoms with E-state index in [1.165, 1.54) is 12.1 Å². The molecule has 1 aliphatic rings. The third-order valence-corrected chi connectivity index (χ3v) is 6.48. The van der Waals surface area contributed by atoms with Crippen LogP contribution in [-0.2, 0) is 11.2 Å². The van der Waals surface area contributed by atoms with Crippen molar-refractivity contribution in [1.82, 2.24) is 15.3 Å². The highest BCUT2D eigenvalue weighted by Crippen LogP contribution is 2.33. The maximum absolute atomic E-state index is 13.5. The molecule has 2 heterocycles. The van der Waals surface area contributed by atoms with Gasteiger partial charge in [-0.05, 0) is 55.7 Å². The normalized spacial score (nSPS) is 14.3. The monoisotopic (exact) mass is 519 g/mol. The Hall–Kier alpha value is -4.04. The van der Waals surface area contributed by atoms with Crippen molar-refractivity contribution < 1.29 is 23.8 Å². The molecule has 37 heavy (non-hydrogen) atoms. The number of carboxylic acids is 1. The van der Waals surface area contributed by atoms with E-state index in [4.69, 9.17) is 31.4 Å². The Morgan fingerprint density at radius 2 is 1.84 bits per heavy atom. The third kappa shape index (κ3) is 5.54. The van der Waals surface area contributed by atoms with Crippen LogP contribution in [0.15, 0.2) is 60.7 Å². The van der Waals surface area contributed by atoms with Gasteiger partial charge in [-0.1, -0.05) is 29.8 Å². The first-order chi connectivity index (χ1) is 17.9. The van der Waals surface area contributed by atoms with Gasteiger partial charge in [0.2, 0.25) is 0 Å². The average molecular weight is 520 g/mol. The molecule has 2 N–H and O–H groups in total. The number of ether oxygens (including phenoxy) is 1. The minimum absolute atomic E-state index is 0.0856. The Kier molecular flexibility index (Phi) is 7.01. The number of rotatable bonds is 8. The van der Waals surface area contributed by atoms with Gasteiger partial charge < -0.3 is 15.2 Å². The predicted octanol–water partition coefficient (Wildman–Crippen LogP) is 5.75. The predicted molar refractivity (Wildman–Crippen MR) is 137 cm³/mol. The molecule has 0 bridgehead atoms. The first-order valence-electron chi connectivity index (χ1n) is 11.9. The summed E-state index contributed by atoms with van der Waals surface area (Å²) in [5.74, 6) is -1.11. The van der Waals surface area contributed by atoms with Crippen molar-refractivity contribution in [2.24, 2.45) is 0 Å². The fraction of sp³-hybridized carbons (Fsp3) is 0.214. The van der Waals surface area contributed by atoms with Crippen molar-refractivity contribution in [2.45, 2.75) is 31.7 Å². The molecule has 1 aromatic heterocycles. The van der Waals surface area contributed by atoms with Gasteiger partial charge in [0.1, 0.15) is 18.2 Å². The number of carboxylic acid groups (broad SMARTS) is 1. The Morgan fingerprint density at radius 3 is 2.62 bits per heavy atom. The summed E-state index contributed by atoms with van der Waals surface area (Å²) in [6.07, 6.45) is 1.78. The number of aryl methyl sites for hydroxylation is 1. The zero-order chi connectivity index (χ0) is 25.9. The standard InChI is InChI=1S/C28H23ClFN3O4/c29-18-8-5-16(6-9-18)27-22(3-1-2-4-26(34)35)31-23-13-17(7-12-21(23)32-27)28(36)33-24-15-37-25-14-19(30)10-11-20(24)25/h5-14,24H,1-4,15H2,(H,33,36)(H,34,35). The van der Waals surface area contributed by atoms with Gasteiger partial charge in [0.05, 0.1) is 28.5 Å². The van der Waals surface area contributed by atoms with Gasteiger partial charge in [-0.25, -0.2) is 14.4 Å². The van der Waals surface area contributed by atoms with Crippen molar-refractivity contribution in [1.29, 1.82) is 0 Å². The SMILES string of the molecule is O=C(O)CCCCc1nc2cc(C(=O)NC3COc4cc(F)ccc43)ccc2nc1-c1ccc(Cl)cc1. The number of unbranched alkanes of at least 4 members (excludes halogenated alkanes) is 1. The fourth-order valence-corrected chi connectivity index (χ4v) is 4.48. The van der Waals surface area contributed by atoms with Gasteiger partial charge in [0.25, 0.3) is 5.91 Å². The Balaban J connectivity index is 1.42. The molecule has 0 fully saturated rings. The fourth-order valence-electron chi connectivity index (χ4n) is 4.36. The molecular formula is C28H23ClFN3O4. The number of benzene rings is 3. The zero-order valence-electron chi connectivity index (χ0n) is 19.7. The van der Waals surface area contributed by atoms with Crippen LogP contribution in [0.1, 0.15) is 46.9 Å². The van der Waals surface area contributed by atoms with Crippen LogP contribution < -0.4 is 10.1 Å².